The standard InChI is InChI=1S/C15H20ClNO2/c1-2-11-4-3-7-17(9-11)10-13-6-5-12(15(18)19)8-14(13)16/h5-6,8,11H,2-4,7,9-10H2,1H3,(H,18,19). The Balaban J connectivity index is 2.04. The van der Waals surface area contributed by atoms with Crippen LogP contribution in [0.1, 0.15) is 42.1 Å². The third kappa shape index (κ3) is 3.71. The summed E-state index contributed by atoms with van der Waals surface area (Å²) >= 11 is 6.17. The Morgan fingerprint density at radius 2 is 2.32 bits per heavy atom. The van der Waals surface area contributed by atoms with Gasteiger partial charge in [-0.25, -0.2) is 4.79 Å². The summed E-state index contributed by atoms with van der Waals surface area (Å²) in [5.74, 6) is -0.150. The summed E-state index contributed by atoms with van der Waals surface area (Å²) in [7, 11) is 0. The Morgan fingerprint density at radius 3 is 2.95 bits per heavy atom. The van der Waals surface area contributed by atoms with Gasteiger partial charge in [-0.2, -0.15) is 0 Å². The summed E-state index contributed by atoms with van der Waals surface area (Å²) in [5, 5.41) is 9.47. The first-order valence-electron chi connectivity index (χ1n) is 6.84. The van der Waals surface area contributed by atoms with Crippen LogP contribution >= 0.6 is 11.6 Å². The molecule has 0 aliphatic carbocycles. The molecular formula is C15H20ClNO2. The zero-order valence-corrected chi connectivity index (χ0v) is 12.0. The van der Waals surface area contributed by atoms with E-state index in [0.717, 1.165) is 31.1 Å². The first-order valence-corrected chi connectivity index (χ1v) is 7.22. The normalized spacial score (nSPS) is 20.4. The van der Waals surface area contributed by atoms with Crippen molar-refractivity contribution in [2.45, 2.75) is 32.7 Å². The second-order valence-corrected chi connectivity index (χ2v) is 5.67. The molecule has 1 N–H and O–H groups in total. The molecule has 1 aromatic carbocycles. The van der Waals surface area contributed by atoms with E-state index in [2.05, 4.69) is 11.8 Å². The number of carboxylic acids is 1. The molecule has 1 aliphatic rings. The highest BCUT2D eigenvalue weighted by molar-refractivity contribution is 6.31. The molecule has 19 heavy (non-hydrogen) atoms. The molecular weight excluding hydrogens is 262 g/mol. The van der Waals surface area contributed by atoms with Gasteiger partial charge in [0.15, 0.2) is 0 Å². The fourth-order valence-electron chi connectivity index (χ4n) is 2.68. The first-order chi connectivity index (χ1) is 9.10. The number of hydrogen-bond acceptors (Lipinski definition) is 2. The van der Waals surface area contributed by atoms with Crippen molar-refractivity contribution in [1.82, 2.24) is 4.90 Å². The van der Waals surface area contributed by atoms with Crippen molar-refractivity contribution >= 4 is 17.6 Å². The maximum Gasteiger partial charge on any atom is 0.335 e. The Bertz CT molecular complexity index is 461. The number of nitrogens with zero attached hydrogens (tertiary/aromatic N) is 1. The van der Waals surface area contributed by atoms with Gasteiger partial charge in [0.1, 0.15) is 0 Å². The molecule has 0 amide bonds. The summed E-state index contributed by atoms with van der Waals surface area (Å²) in [4.78, 5) is 13.3. The van der Waals surface area contributed by atoms with Crippen LogP contribution in [-0.2, 0) is 6.54 Å². The average Bonchev–Trinajstić information content (AvgIpc) is 2.41. The smallest absolute Gasteiger partial charge is 0.335 e. The summed E-state index contributed by atoms with van der Waals surface area (Å²) < 4.78 is 0. The van der Waals surface area contributed by atoms with Crippen LogP contribution < -0.4 is 0 Å². The maximum absolute atomic E-state index is 10.9. The van der Waals surface area contributed by atoms with Gasteiger partial charge in [0.25, 0.3) is 0 Å². The van der Waals surface area contributed by atoms with Gasteiger partial charge in [0.05, 0.1) is 5.56 Å². The van der Waals surface area contributed by atoms with E-state index in [1.807, 2.05) is 6.07 Å². The number of piperidine rings is 1. The van der Waals surface area contributed by atoms with E-state index in [1.165, 1.54) is 19.3 Å². The Labute approximate surface area is 119 Å². The molecule has 0 radical (unpaired) electrons. The third-order valence-electron chi connectivity index (χ3n) is 3.87. The Hall–Kier alpha value is -1.06. The van der Waals surface area contributed by atoms with Crippen LogP contribution in [0.25, 0.3) is 0 Å². The number of rotatable bonds is 4. The number of likely N-dealkylation sites (tertiary alicyclic amines) is 1. The molecule has 4 heteroatoms. The second-order valence-electron chi connectivity index (χ2n) is 5.26. The van der Waals surface area contributed by atoms with Crippen molar-refractivity contribution in [1.29, 1.82) is 0 Å². The topological polar surface area (TPSA) is 40.5 Å². The number of hydrogen-bond donors (Lipinski definition) is 1. The van der Waals surface area contributed by atoms with Crippen molar-refractivity contribution in [3.63, 3.8) is 0 Å². The molecule has 1 atom stereocenters. The van der Waals surface area contributed by atoms with Gasteiger partial charge in [-0.1, -0.05) is 31.0 Å². The van der Waals surface area contributed by atoms with Crippen molar-refractivity contribution in [2.24, 2.45) is 5.92 Å². The number of carbonyl (C=O) groups is 1. The summed E-state index contributed by atoms with van der Waals surface area (Å²) in [6, 6.07) is 5.01. The molecule has 1 aliphatic heterocycles. The van der Waals surface area contributed by atoms with Crippen LogP contribution in [0, 0.1) is 5.92 Å². The van der Waals surface area contributed by atoms with E-state index in [-0.39, 0.29) is 5.56 Å². The predicted octanol–water partition coefficient (Wildman–Crippen LogP) is 3.66. The number of benzene rings is 1. The van der Waals surface area contributed by atoms with E-state index >= 15 is 0 Å². The van der Waals surface area contributed by atoms with Crippen LogP contribution in [0.15, 0.2) is 18.2 Å². The lowest BCUT2D eigenvalue weighted by Crippen LogP contribution is -2.34. The fraction of sp³-hybridized carbons (Fsp3) is 0.533. The Morgan fingerprint density at radius 1 is 1.53 bits per heavy atom. The van der Waals surface area contributed by atoms with Crippen molar-refractivity contribution in [2.75, 3.05) is 13.1 Å². The first kappa shape index (κ1) is 14.4. The fourth-order valence-corrected chi connectivity index (χ4v) is 2.92. The second kappa shape index (κ2) is 6.40. The van der Waals surface area contributed by atoms with Gasteiger partial charge in [-0.05, 0) is 43.0 Å². The van der Waals surface area contributed by atoms with Gasteiger partial charge in [0.2, 0.25) is 0 Å². The minimum atomic E-state index is -0.933. The van der Waals surface area contributed by atoms with E-state index in [1.54, 1.807) is 12.1 Å². The molecule has 1 heterocycles. The lowest BCUT2D eigenvalue weighted by Gasteiger charge is -2.32. The predicted molar refractivity (Wildman–Crippen MR) is 76.7 cm³/mol. The lowest BCUT2D eigenvalue weighted by molar-refractivity contribution is 0.0697. The third-order valence-corrected chi connectivity index (χ3v) is 4.23. The van der Waals surface area contributed by atoms with Crippen LogP contribution in [0.4, 0.5) is 0 Å². The molecule has 0 spiro atoms. The lowest BCUT2D eigenvalue weighted by atomic mass is 9.95. The molecule has 2 rings (SSSR count). The van der Waals surface area contributed by atoms with E-state index < -0.39 is 5.97 Å². The van der Waals surface area contributed by atoms with E-state index in [9.17, 15) is 4.79 Å². The average molecular weight is 282 g/mol. The van der Waals surface area contributed by atoms with Crippen molar-refractivity contribution in [3.8, 4) is 0 Å². The van der Waals surface area contributed by atoms with E-state index in [0.29, 0.717) is 5.02 Å². The highest BCUT2D eigenvalue weighted by Crippen LogP contribution is 2.24. The molecule has 0 aromatic heterocycles. The van der Waals surface area contributed by atoms with Crippen molar-refractivity contribution in [3.05, 3.63) is 34.3 Å². The molecule has 3 nitrogen and oxygen atoms in total. The molecule has 1 aromatic rings. The highest BCUT2D eigenvalue weighted by Gasteiger charge is 2.19. The SMILES string of the molecule is CCC1CCCN(Cc2ccc(C(=O)O)cc2Cl)C1. The molecule has 1 saturated heterocycles. The largest absolute Gasteiger partial charge is 0.478 e. The van der Waals surface area contributed by atoms with Gasteiger partial charge >= 0.3 is 5.97 Å². The van der Waals surface area contributed by atoms with Gasteiger partial charge < -0.3 is 5.11 Å². The maximum atomic E-state index is 10.9. The highest BCUT2D eigenvalue weighted by atomic mass is 35.5. The quantitative estimate of drug-likeness (QED) is 0.916. The summed E-state index contributed by atoms with van der Waals surface area (Å²) in [5.41, 5.74) is 1.27. The minimum Gasteiger partial charge on any atom is -0.478 e. The number of carboxylic acid groups (broad SMARTS) is 1. The zero-order chi connectivity index (χ0) is 13.8. The number of halogens is 1. The van der Waals surface area contributed by atoms with E-state index in [4.69, 9.17) is 16.7 Å². The summed E-state index contributed by atoms with van der Waals surface area (Å²) in [6.07, 6.45) is 3.78. The Kier molecular flexibility index (Phi) is 4.83. The van der Waals surface area contributed by atoms with Crippen LogP contribution in [0.5, 0.6) is 0 Å². The van der Waals surface area contributed by atoms with Gasteiger partial charge in [0, 0.05) is 18.1 Å². The van der Waals surface area contributed by atoms with Gasteiger partial charge in [-0.3, -0.25) is 4.90 Å². The van der Waals surface area contributed by atoms with Crippen LogP contribution in [0.3, 0.4) is 0 Å². The van der Waals surface area contributed by atoms with Crippen LogP contribution in [-0.4, -0.2) is 29.1 Å². The molecule has 0 saturated carbocycles. The molecule has 1 fully saturated rings. The molecule has 104 valence electrons. The molecule has 1 unspecified atom stereocenters. The van der Waals surface area contributed by atoms with Crippen LogP contribution in [0.2, 0.25) is 5.02 Å². The number of aromatic carboxylic acids is 1. The van der Waals surface area contributed by atoms with Gasteiger partial charge in [-0.15, -0.1) is 0 Å². The molecule has 0 bridgehead atoms. The van der Waals surface area contributed by atoms with Crippen molar-refractivity contribution < 1.29 is 9.90 Å². The zero-order valence-electron chi connectivity index (χ0n) is 11.2. The monoisotopic (exact) mass is 281 g/mol. The summed E-state index contributed by atoms with van der Waals surface area (Å²) in [6.45, 7) is 5.28. The minimum absolute atomic E-state index is 0.249.